The van der Waals surface area contributed by atoms with Gasteiger partial charge in [0.1, 0.15) is 6.04 Å². The number of carbonyl (C=O) groups is 3. The second kappa shape index (κ2) is 11.0. The minimum atomic E-state index is -0.993. The number of amides is 3. The molecule has 1 aromatic carbocycles. The standard InChI is InChI=1S/C21H29F2N3O4/c1-13(2)20(21(29)24-9-10-30-3)25-17(27)11-15-7-8-18(28)26(15)12-14-5-4-6-16(22)19(14)23/h4-6,13,15,20H,7-12H2,1-3H3,(H,24,29)(H,25,27)/t15-,20?/m0/s1. The van der Waals surface area contributed by atoms with Gasteiger partial charge in [0.25, 0.3) is 0 Å². The number of halogens is 2. The van der Waals surface area contributed by atoms with E-state index in [2.05, 4.69) is 10.6 Å². The van der Waals surface area contributed by atoms with Crippen molar-refractivity contribution < 1.29 is 27.9 Å². The summed E-state index contributed by atoms with van der Waals surface area (Å²) in [7, 11) is 1.53. The summed E-state index contributed by atoms with van der Waals surface area (Å²) in [6.45, 7) is 4.22. The van der Waals surface area contributed by atoms with Crippen molar-refractivity contribution in [2.24, 2.45) is 5.92 Å². The average Bonchev–Trinajstić information content (AvgIpc) is 3.02. The van der Waals surface area contributed by atoms with E-state index >= 15 is 0 Å². The van der Waals surface area contributed by atoms with Gasteiger partial charge in [-0.15, -0.1) is 0 Å². The van der Waals surface area contributed by atoms with E-state index in [-0.39, 0.29) is 48.6 Å². The maximum atomic E-state index is 14.0. The highest BCUT2D eigenvalue weighted by Gasteiger charge is 2.34. The molecule has 0 aliphatic carbocycles. The zero-order valence-electron chi connectivity index (χ0n) is 17.5. The first-order chi connectivity index (χ1) is 14.2. The molecule has 1 unspecified atom stereocenters. The molecule has 0 saturated carbocycles. The van der Waals surface area contributed by atoms with Crippen LogP contribution in [0.15, 0.2) is 18.2 Å². The topological polar surface area (TPSA) is 87.7 Å². The summed E-state index contributed by atoms with van der Waals surface area (Å²) < 4.78 is 32.4. The highest BCUT2D eigenvalue weighted by Crippen LogP contribution is 2.25. The number of methoxy groups -OCH3 is 1. The summed E-state index contributed by atoms with van der Waals surface area (Å²) in [5.41, 5.74) is 0.0632. The molecule has 1 aliphatic rings. The Morgan fingerprint density at radius 2 is 2.03 bits per heavy atom. The van der Waals surface area contributed by atoms with Gasteiger partial charge in [0.2, 0.25) is 17.7 Å². The summed E-state index contributed by atoms with van der Waals surface area (Å²) in [5.74, 6) is -3.01. The van der Waals surface area contributed by atoms with E-state index in [0.29, 0.717) is 19.6 Å². The molecule has 0 bridgehead atoms. The van der Waals surface area contributed by atoms with Gasteiger partial charge in [0.05, 0.1) is 6.61 Å². The van der Waals surface area contributed by atoms with Gasteiger partial charge in [0.15, 0.2) is 11.6 Å². The zero-order chi connectivity index (χ0) is 22.3. The van der Waals surface area contributed by atoms with Crippen molar-refractivity contribution in [3.05, 3.63) is 35.4 Å². The molecular formula is C21H29F2N3O4. The van der Waals surface area contributed by atoms with Crippen LogP contribution >= 0.6 is 0 Å². The second-order valence-corrected chi connectivity index (χ2v) is 7.70. The quantitative estimate of drug-likeness (QED) is 0.559. The van der Waals surface area contributed by atoms with Gasteiger partial charge < -0.3 is 20.3 Å². The molecule has 2 rings (SSSR count). The molecule has 0 spiro atoms. The van der Waals surface area contributed by atoms with Gasteiger partial charge in [-0.05, 0) is 18.4 Å². The van der Waals surface area contributed by atoms with Crippen molar-refractivity contribution in [1.29, 1.82) is 0 Å². The van der Waals surface area contributed by atoms with E-state index in [4.69, 9.17) is 4.74 Å². The molecule has 1 saturated heterocycles. The van der Waals surface area contributed by atoms with Gasteiger partial charge in [-0.1, -0.05) is 26.0 Å². The fraction of sp³-hybridized carbons (Fsp3) is 0.571. The van der Waals surface area contributed by atoms with E-state index in [0.717, 1.165) is 6.07 Å². The molecule has 1 fully saturated rings. The molecule has 7 nitrogen and oxygen atoms in total. The first-order valence-electron chi connectivity index (χ1n) is 10.0. The molecule has 1 aromatic rings. The van der Waals surface area contributed by atoms with Gasteiger partial charge in [-0.25, -0.2) is 8.78 Å². The summed E-state index contributed by atoms with van der Waals surface area (Å²) in [6, 6.07) is 2.65. The van der Waals surface area contributed by atoms with Gasteiger partial charge in [-0.2, -0.15) is 0 Å². The van der Waals surface area contributed by atoms with Crippen molar-refractivity contribution in [1.82, 2.24) is 15.5 Å². The maximum absolute atomic E-state index is 14.0. The lowest BCUT2D eigenvalue weighted by Gasteiger charge is -2.27. The molecule has 2 N–H and O–H groups in total. The third-order valence-corrected chi connectivity index (χ3v) is 5.12. The van der Waals surface area contributed by atoms with Crippen LogP contribution in [0.5, 0.6) is 0 Å². The van der Waals surface area contributed by atoms with Crippen molar-refractivity contribution in [2.75, 3.05) is 20.3 Å². The van der Waals surface area contributed by atoms with E-state index < -0.39 is 23.7 Å². The smallest absolute Gasteiger partial charge is 0.242 e. The van der Waals surface area contributed by atoms with Crippen LogP contribution in [0.25, 0.3) is 0 Å². The van der Waals surface area contributed by atoms with E-state index in [1.165, 1.54) is 24.1 Å². The van der Waals surface area contributed by atoms with Crippen LogP contribution in [0.4, 0.5) is 8.78 Å². The van der Waals surface area contributed by atoms with E-state index in [9.17, 15) is 23.2 Å². The molecule has 30 heavy (non-hydrogen) atoms. The van der Waals surface area contributed by atoms with Crippen LogP contribution in [0.1, 0.15) is 38.7 Å². The number of benzene rings is 1. The van der Waals surface area contributed by atoms with Crippen LogP contribution in [0.2, 0.25) is 0 Å². The minimum Gasteiger partial charge on any atom is -0.383 e. The Hall–Kier alpha value is -2.55. The molecule has 166 valence electrons. The number of hydrogen-bond donors (Lipinski definition) is 2. The number of hydrogen-bond acceptors (Lipinski definition) is 4. The number of rotatable bonds is 10. The van der Waals surface area contributed by atoms with Gasteiger partial charge >= 0.3 is 0 Å². The second-order valence-electron chi connectivity index (χ2n) is 7.70. The highest BCUT2D eigenvalue weighted by molar-refractivity contribution is 5.88. The lowest BCUT2D eigenvalue weighted by Crippen LogP contribution is -2.51. The van der Waals surface area contributed by atoms with Crippen molar-refractivity contribution in [3.8, 4) is 0 Å². The molecule has 1 aliphatic heterocycles. The number of carbonyl (C=O) groups excluding carboxylic acids is 3. The Morgan fingerprint density at radius 1 is 1.30 bits per heavy atom. The Kier molecular flexibility index (Phi) is 8.71. The van der Waals surface area contributed by atoms with E-state index in [1.54, 1.807) is 0 Å². The molecule has 1 heterocycles. The van der Waals surface area contributed by atoms with Crippen molar-refractivity contribution in [3.63, 3.8) is 0 Å². The molecule has 9 heteroatoms. The first kappa shape index (κ1) is 23.7. The number of nitrogens with zero attached hydrogens (tertiary/aromatic N) is 1. The van der Waals surface area contributed by atoms with Crippen LogP contribution < -0.4 is 10.6 Å². The fourth-order valence-corrected chi connectivity index (χ4v) is 3.44. The van der Waals surface area contributed by atoms with Gasteiger partial charge in [-0.3, -0.25) is 14.4 Å². The largest absolute Gasteiger partial charge is 0.383 e. The highest BCUT2D eigenvalue weighted by atomic mass is 19.2. The maximum Gasteiger partial charge on any atom is 0.242 e. The number of nitrogens with one attached hydrogen (secondary N) is 2. The van der Waals surface area contributed by atoms with Gasteiger partial charge in [0, 0.05) is 44.6 Å². The predicted octanol–water partition coefficient (Wildman–Crippen LogP) is 1.75. The molecule has 0 radical (unpaired) electrons. The average molecular weight is 425 g/mol. The Balaban J connectivity index is 2.00. The molecule has 3 amide bonds. The third-order valence-electron chi connectivity index (χ3n) is 5.12. The Morgan fingerprint density at radius 3 is 2.70 bits per heavy atom. The third kappa shape index (κ3) is 6.22. The number of likely N-dealkylation sites (tertiary alicyclic amines) is 1. The summed E-state index contributed by atoms with van der Waals surface area (Å²) >= 11 is 0. The molecule has 0 aromatic heterocycles. The summed E-state index contributed by atoms with van der Waals surface area (Å²) in [4.78, 5) is 38.6. The summed E-state index contributed by atoms with van der Waals surface area (Å²) in [5, 5.41) is 5.43. The normalized spacial score (nSPS) is 17.3. The SMILES string of the molecule is COCCNC(=O)C(NC(=O)C[C@@H]1CCC(=O)N1Cc1cccc(F)c1F)C(C)C. The first-order valence-corrected chi connectivity index (χ1v) is 10.0. The minimum absolute atomic E-state index is 0.0166. The lowest BCUT2D eigenvalue weighted by atomic mass is 10.0. The van der Waals surface area contributed by atoms with Crippen molar-refractivity contribution >= 4 is 17.7 Å². The zero-order valence-corrected chi connectivity index (χ0v) is 17.5. The monoisotopic (exact) mass is 425 g/mol. The molecular weight excluding hydrogens is 396 g/mol. The van der Waals surface area contributed by atoms with Crippen LogP contribution in [-0.4, -0.2) is 55.0 Å². The van der Waals surface area contributed by atoms with E-state index in [1.807, 2.05) is 13.8 Å². The van der Waals surface area contributed by atoms with Crippen LogP contribution in [0.3, 0.4) is 0 Å². The fourth-order valence-electron chi connectivity index (χ4n) is 3.44. The molecule has 2 atom stereocenters. The lowest BCUT2D eigenvalue weighted by molar-refractivity contribution is -0.132. The predicted molar refractivity (Wildman–Crippen MR) is 106 cm³/mol. The summed E-state index contributed by atoms with van der Waals surface area (Å²) in [6.07, 6.45) is 0.660. The Labute approximate surface area is 175 Å². The van der Waals surface area contributed by atoms with Crippen LogP contribution in [0, 0.1) is 17.6 Å². The Bertz CT molecular complexity index is 773. The van der Waals surface area contributed by atoms with Crippen LogP contribution in [-0.2, 0) is 25.7 Å². The van der Waals surface area contributed by atoms with Crippen molar-refractivity contribution in [2.45, 2.75) is 51.7 Å². The number of ether oxygens (including phenoxy) is 1.